The average molecular weight is 521 g/mol. The van der Waals surface area contributed by atoms with Gasteiger partial charge in [0.25, 0.3) is 5.91 Å². The largest absolute Gasteiger partial charge is 0.336 e. The summed E-state index contributed by atoms with van der Waals surface area (Å²) in [7, 11) is 1.95. The Bertz CT molecular complexity index is 1270. The van der Waals surface area contributed by atoms with Gasteiger partial charge in [-0.2, -0.15) is 0 Å². The molecule has 0 bridgehead atoms. The number of hydrogen-bond acceptors (Lipinski definition) is 3. The van der Waals surface area contributed by atoms with E-state index in [4.69, 9.17) is 0 Å². The summed E-state index contributed by atoms with van der Waals surface area (Å²) in [5.74, 6) is 0.550. The molecule has 2 heterocycles. The van der Waals surface area contributed by atoms with Crippen LogP contribution in [0.4, 0.5) is 0 Å². The van der Waals surface area contributed by atoms with Gasteiger partial charge in [-0.05, 0) is 59.7 Å². The fourth-order valence-electron chi connectivity index (χ4n) is 5.30. The molecule has 5 rings (SSSR count). The number of hydrogen-bond donors (Lipinski definition) is 0. The summed E-state index contributed by atoms with van der Waals surface area (Å²) < 4.78 is 0. The fourth-order valence-corrected chi connectivity index (χ4v) is 5.92. The quantitative estimate of drug-likeness (QED) is 0.189. The van der Waals surface area contributed by atoms with Gasteiger partial charge in [0, 0.05) is 36.5 Å². The van der Waals surface area contributed by atoms with Gasteiger partial charge in [-0.15, -0.1) is 11.3 Å². The normalized spacial score (nSPS) is 14.2. The highest BCUT2D eigenvalue weighted by atomic mass is 32.1. The minimum atomic E-state index is 0.106. The molecule has 1 aromatic heterocycles. The predicted molar refractivity (Wildman–Crippen MR) is 161 cm³/mol. The summed E-state index contributed by atoms with van der Waals surface area (Å²) in [6.07, 6.45) is 7.66. The Morgan fingerprint density at radius 1 is 0.868 bits per heavy atom. The molecule has 0 atom stereocenters. The Labute approximate surface area is 231 Å². The van der Waals surface area contributed by atoms with Crippen molar-refractivity contribution in [1.82, 2.24) is 9.80 Å². The number of thiophene rings is 1. The molecule has 3 nitrogen and oxygen atoms in total. The van der Waals surface area contributed by atoms with Crippen LogP contribution in [-0.2, 0) is 0 Å². The molecule has 0 spiro atoms. The van der Waals surface area contributed by atoms with Crippen LogP contribution in [0.15, 0.2) is 102 Å². The van der Waals surface area contributed by atoms with E-state index in [1.807, 2.05) is 42.3 Å². The molecule has 1 saturated heterocycles. The SMILES string of the molecule is CN(C(=O)c1ccccc1/C=C/c1cccs1)C1CN(CCCCC(c2ccccc2)c2ccccc2)C1. The van der Waals surface area contributed by atoms with Gasteiger partial charge in [0.05, 0.1) is 6.04 Å². The van der Waals surface area contributed by atoms with Crippen molar-refractivity contribution >= 4 is 29.4 Å². The first kappa shape index (κ1) is 26.1. The van der Waals surface area contributed by atoms with Crippen LogP contribution in [0.1, 0.15) is 57.1 Å². The lowest BCUT2D eigenvalue weighted by atomic mass is 9.87. The van der Waals surface area contributed by atoms with Crippen molar-refractivity contribution in [1.29, 1.82) is 0 Å². The van der Waals surface area contributed by atoms with E-state index in [-0.39, 0.29) is 11.9 Å². The molecule has 194 valence electrons. The molecule has 4 aromatic rings. The number of amides is 1. The van der Waals surface area contributed by atoms with Crippen molar-refractivity contribution in [3.05, 3.63) is 130 Å². The lowest BCUT2D eigenvalue weighted by Gasteiger charge is -2.44. The number of carbonyl (C=O) groups excluding carboxylic acids is 1. The third kappa shape index (κ3) is 6.50. The number of benzene rings is 3. The molecule has 1 aliphatic heterocycles. The van der Waals surface area contributed by atoms with Crippen LogP contribution in [0, 0.1) is 0 Å². The second kappa shape index (κ2) is 12.9. The Hall–Kier alpha value is -3.47. The molecule has 0 N–H and O–H groups in total. The first-order chi connectivity index (χ1) is 18.7. The van der Waals surface area contributed by atoms with Gasteiger partial charge in [0.1, 0.15) is 0 Å². The van der Waals surface area contributed by atoms with E-state index in [2.05, 4.69) is 89.2 Å². The maximum Gasteiger partial charge on any atom is 0.254 e. The third-order valence-electron chi connectivity index (χ3n) is 7.59. The molecule has 0 saturated carbocycles. The van der Waals surface area contributed by atoms with Gasteiger partial charge < -0.3 is 4.90 Å². The zero-order chi connectivity index (χ0) is 26.2. The van der Waals surface area contributed by atoms with E-state index in [9.17, 15) is 4.79 Å². The summed E-state index contributed by atoms with van der Waals surface area (Å²) in [6, 6.07) is 34.1. The lowest BCUT2D eigenvalue weighted by molar-refractivity contribution is 0.0360. The van der Waals surface area contributed by atoms with Crippen LogP contribution >= 0.6 is 11.3 Å². The Morgan fingerprint density at radius 3 is 2.18 bits per heavy atom. The lowest BCUT2D eigenvalue weighted by Crippen LogP contribution is -2.59. The standard InChI is InChI=1S/C34H36N2OS/c1-35(34(37)33-20-9-8-17-29(33)21-22-31-18-12-24-38-31)30-25-36(26-30)23-11-10-19-32(27-13-4-2-5-14-27)28-15-6-3-7-16-28/h2-9,12-18,20-22,24,30,32H,10-11,19,23,25-26H2,1H3/b22-21+. The Morgan fingerprint density at radius 2 is 1.53 bits per heavy atom. The van der Waals surface area contributed by atoms with Crippen molar-refractivity contribution in [2.75, 3.05) is 26.7 Å². The summed E-state index contributed by atoms with van der Waals surface area (Å²) in [6.45, 7) is 3.00. The number of likely N-dealkylation sites (N-methyl/N-ethyl adjacent to an activating group) is 1. The van der Waals surface area contributed by atoms with Crippen LogP contribution in [-0.4, -0.2) is 48.4 Å². The van der Waals surface area contributed by atoms with Crippen molar-refractivity contribution in [2.45, 2.75) is 31.2 Å². The highest BCUT2D eigenvalue weighted by molar-refractivity contribution is 7.10. The molecule has 1 aliphatic rings. The average Bonchev–Trinajstić information content (AvgIpc) is 3.47. The van der Waals surface area contributed by atoms with Crippen molar-refractivity contribution in [3.8, 4) is 0 Å². The van der Waals surface area contributed by atoms with Gasteiger partial charge in [-0.25, -0.2) is 0 Å². The first-order valence-electron chi connectivity index (χ1n) is 13.6. The molecule has 3 aromatic carbocycles. The minimum Gasteiger partial charge on any atom is -0.336 e. The molecule has 38 heavy (non-hydrogen) atoms. The molecule has 0 radical (unpaired) electrons. The van der Waals surface area contributed by atoms with E-state index < -0.39 is 0 Å². The fraction of sp³-hybridized carbons (Fsp3) is 0.265. The van der Waals surface area contributed by atoms with Gasteiger partial charge in [-0.1, -0.05) is 97.4 Å². The zero-order valence-electron chi connectivity index (χ0n) is 22.1. The number of likely N-dealkylation sites (tertiary alicyclic amines) is 1. The second-order valence-corrected chi connectivity index (χ2v) is 11.1. The molecule has 4 heteroatoms. The summed E-state index contributed by atoms with van der Waals surface area (Å²) in [4.78, 5) is 19.0. The molecular formula is C34H36N2OS. The summed E-state index contributed by atoms with van der Waals surface area (Å²) >= 11 is 1.70. The molecule has 0 aliphatic carbocycles. The maximum atomic E-state index is 13.3. The van der Waals surface area contributed by atoms with Crippen LogP contribution in [0.2, 0.25) is 0 Å². The van der Waals surface area contributed by atoms with E-state index in [1.165, 1.54) is 28.8 Å². The molecule has 0 unspecified atom stereocenters. The third-order valence-corrected chi connectivity index (χ3v) is 8.43. The van der Waals surface area contributed by atoms with Crippen molar-refractivity contribution < 1.29 is 4.79 Å². The second-order valence-electron chi connectivity index (χ2n) is 10.1. The molecule has 1 amide bonds. The number of nitrogens with zero attached hydrogens (tertiary/aromatic N) is 2. The van der Waals surface area contributed by atoms with Crippen LogP contribution < -0.4 is 0 Å². The first-order valence-corrected chi connectivity index (χ1v) is 14.5. The van der Waals surface area contributed by atoms with Crippen LogP contribution in [0.5, 0.6) is 0 Å². The number of unbranched alkanes of at least 4 members (excludes halogenated alkanes) is 1. The highest BCUT2D eigenvalue weighted by Gasteiger charge is 2.32. The van der Waals surface area contributed by atoms with Gasteiger partial charge in [-0.3, -0.25) is 9.69 Å². The summed E-state index contributed by atoms with van der Waals surface area (Å²) in [5.41, 5.74) is 4.54. The molecular weight excluding hydrogens is 484 g/mol. The van der Waals surface area contributed by atoms with Gasteiger partial charge in [0.15, 0.2) is 0 Å². The topological polar surface area (TPSA) is 23.6 Å². The number of carbonyl (C=O) groups is 1. The molecule has 1 fully saturated rings. The van der Waals surface area contributed by atoms with Crippen LogP contribution in [0.25, 0.3) is 12.2 Å². The van der Waals surface area contributed by atoms with E-state index in [1.54, 1.807) is 11.3 Å². The Kier molecular flexibility index (Phi) is 8.85. The predicted octanol–water partition coefficient (Wildman–Crippen LogP) is 7.68. The minimum absolute atomic E-state index is 0.106. The van der Waals surface area contributed by atoms with Crippen molar-refractivity contribution in [2.24, 2.45) is 0 Å². The van der Waals surface area contributed by atoms with E-state index >= 15 is 0 Å². The zero-order valence-corrected chi connectivity index (χ0v) is 22.9. The van der Waals surface area contributed by atoms with Gasteiger partial charge in [0.2, 0.25) is 0 Å². The highest BCUT2D eigenvalue weighted by Crippen LogP contribution is 2.30. The maximum absolute atomic E-state index is 13.3. The van der Waals surface area contributed by atoms with Crippen LogP contribution in [0.3, 0.4) is 0 Å². The monoisotopic (exact) mass is 520 g/mol. The van der Waals surface area contributed by atoms with Gasteiger partial charge >= 0.3 is 0 Å². The Balaban J connectivity index is 1.10. The van der Waals surface area contributed by atoms with Crippen molar-refractivity contribution in [3.63, 3.8) is 0 Å². The summed E-state index contributed by atoms with van der Waals surface area (Å²) in [5, 5.41) is 2.07. The number of rotatable bonds is 11. The van der Waals surface area contributed by atoms with E-state index in [0.29, 0.717) is 5.92 Å². The van der Waals surface area contributed by atoms with E-state index in [0.717, 1.165) is 37.2 Å². The smallest absolute Gasteiger partial charge is 0.254 e.